The number of carbonyl (C=O) groups is 1. The first-order valence-corrected chi connectivity index (χ1v) is 8.31. The highest BCUT2D eigenvalue weighted by atomic mass is 32.1. The van der Waals surface area contributed by atoms with Gasteiger partial charge in [0.15, 0.2) is 5.82 Å². The summed E-state index contributed by atoms with van der Waals surface area (Å²) in [4.78, 5) is 16.7. The molecule has 4 heterocycles. The van der Waals surface area contributed by atoms with Gasteiger partial charge >= 0.3 is 0 Å². The highest BCUT2D eigenvalue weighted by Gasteiger charge is 2.23. The Morgan fingerprint density at radius 1 is 1.48 bits per heavy atom. The van der Waals surface area contributed by atoms with Crippen molar-refractivity contribution >= 4 is 17.2 Å². The summed E-state index contributed by atoms with van der Waals surface area (Å²) in [6.07, 6.45) is 5.24. The van der Waals surface area contributed by atoms with Gasteiger partial charge in [0, 0.05) is 23.9 Å². The second-order valence-corrected chi connectivity index (χ2v) is 6.33. The van der Waals surface area contributed by atoms with Crippen LogP contribution in [-0.2, 0) is 13.0 Å². The van der Waals surface area contributed by atoms with E-state index < -0.39 is 0 Å². The number of hydrogen-bond donors (Lipinski definition) is 1. The first kappa shape index (κ1) is 14.1. The van der Waals surface area contributed by atoms with E-state index in [1.54, 1.807) is 17.9 Å². The van der Waals surface area contributed by atoms with Crippen LogP contribution < -0.4 is 5.32 Å². The van der Waals surface area contributed by atoms with Crippen LogP contribution >= 0.6 is 11.3 Å². The zero-order chi connectivity index (χ0) is 15.8. The molecule has 0 bridgehead atoms. The summed E-state index contributed by atoms with van der Waals surface area (Å²) in [6.45, 7) is 2.83. The first-order chi connectivity index (χ1) is 11.2. The summed E-state index contributed by atoms with van der Waals surface area (Å²) in [7, 11) is 0. The Labute approximate surface area is 136 Å². The van der Waals surface area contributed by atoms with E-state index in [9.17, 15) is 4.79 Å². The molecule has 4 rings (SSSR count). The molecule has 7 nitrogen and oxygen atoms in total. The number of thiazole rings is 1. The van der Waals surface area contributed by atoms with Crippen LogP contribution in [0.2, 0.25) is 0 Å². The number of fused-ring (bicyclic) bond motifs is 1. The lowest BCUT2D eigenvalue weighted by atomic mass is 10.3. The molecule has 3 aromatic heterocycles. The van der Waals surface area contributed by atoms with Crippen LogP contribution in [0.25, 0.3) is 10.6 Å². The number of furan rings is 1. The maximum absolute atomic E-state index is 12.4. The van der Waals surface area contributed by atoms with E-state index in [1.807, 2.05) is 13.0 Å². The van der Waals surface area contributed by atoms with Crippen LogP contribution in [0.1, 0.15) is 41.5 Å². The van der Waals surface area contributed by atoms with E-state index in [0.717, 1.165) is 41.6 Å². The molecule has 0 aliphatic carbocycles. The van der Waals surface area contributed by atoms with Gasteiger partial charge in [0.1, 0.15) is 22.8 Å². The molecule has 1 aliphatic rings. The molecular weight excluding hydrogens is 314 g/mol. The number of rotatable bonds is 4. The predicted molar refractivity (Wildman–Crippen MR) is 84.0 cm³/mol. The summed E-state index contributed by atoms with van der Waals surface area (Å²) >= 11 is 1.42. The number of hydrogen-bond acceptors (Lipinski definition) is 6. The lowest BCUT2D eigenvalue weighted by molar-refractivity contribution is 0.0933. The highest BCUT2D eigenvalue weighted by molar-refractivity contribution is 7.13. The summed E-state index contributed by atoms with van der Waals surface area (Å²) in [5.74, 6) is 1.59. The van der Waals surface area contributed by atoms with Gasteiger partial charge in [-0.05, 0) is 19.4 Å². The monoisotopic (exact) mass is 329 g/mol. The Kier molecular flexibility index (Phi) is 3.45. The van der Waals surface area contributed by atoms with E-state index in [-0.39, 0.29) is 11.9 Å². The molecular formula is C15H15N5O2S. The Hall–Kier alpha value is -2.48. The second-order valence-electron chi connectivity index (χ2n) is 5.47. The lowest BCUT2D eigenvalue weighted by Crippen LogP contribution is -2.28. The molecule has 1 N–H and O–H groups in total. The molecule has 0 fully saturated rings. The maximum atomic E-state index is 12.4. The van der Waals surface area contributed by atoms with Crippen LogP contribution in [0.15, 0.2) is 28.4 Å². The van der Waals surface area contributed by atoms with Gasteiger partial charge in [-0.15, -0.1) is 21.5 Å². The Bertz CT molecular complexity index is 836. The third-order valence-corrected chi connectivity index (χ3v) is 4.77. The van der Waals surface area contributed by atoms with Crippen LogP contribution in [0.3, 0.4) is 0 Å². The number of amides is 1. The molecule has 1 amide bonds. The third-order valence-electron chi connectivity index (χ3n) is 3.88. The SMILES string of the molecule is C[C@@H](NC(=O)c1csc(-c2ccoc2)n1)c1nnc2n1CCC2. The van der Waals surface area contributed by atoms with Crippen molar-refractivity contribution in [3.63, 3.8) is 0 Å². The Balaban J connectivity index is 1.49. The van der Waals surface area contributed by atoms with Gasteiger partial charge in [-0.2, -0.15) is 0 Å². The average Bonchev–Trinajstić information content (AvgIpc) is 3.28. The first-order valence-electron chi connectivity index (χ1n) is 7.43. The van der Waals surface area contributed by atoms with Gasteiger partial charge in [0.2, 0.25) is 0 Å². The number of nitrogens with one attached hydrogen (secondary N) is 1. The van der Waals surface area contributed by atoms with Crippen molar-refractivity contribution < 1.29 is 9.21 Å². The minimum atomic E-state index is -0.209. The predicted octanol–water partition coefficient (Wildman–Crippen LogP) is 2.43. The highest BCUT2D eigenvalue weighted by Crippen LogP contribution is 2.24. The standard InChI is InChI=1S/C15H15N5O2S/c1-9(13-19-18-12-3-2-5-20(12)13)16-14(21)11-8-23-15(17-11)10-4-6-22-7-10/h4,6-9H,2-3,5H2,1H3,(H,16,21)/t9-/m1/s1. The van der Waals surface area contributed by atoms with Gasteiger partial charge in [-0.25, -0.2) is 4.98 Å². The molecule has 118 valence electrons. The molecule has 1 atom stereocenters. The molecule has 0 aromatic carbocycles. The van der Waals surface area contributed by atoms with Gasteiger partial charge < -0.3 is 14.3 Å². The van der Waals surface area contributed by atoms with Gasteiger partial charge in [0.05, 0.1) is 12.3 Å². The molecule has 0 radical (unpaired) electrons. The summed E-state index contributed by atoms with van der Waals surface area (Å²) in [5.41, 5.74) is 1.27. The molecule has 8 heteroatoms. The third kappa shape index (κ3) is 2.55. The fourth-order valence-corrected chi connectivity index (χ4v) is 3.51. The van der Waals surface area contributed by atoms with Crippen molar-refractivity contribution in [1.82, 2.24) is 25.1 Å². The van der Waals surface area contributed by atoms with E-state index >= 15 is 0 Å². The van der Waals surface area contributed by atoms with E-state index in [4.69, 9.17) is 4.42 Å². The average molecular weight is 329 g/mol. The van der Waals surface area contributed by atoms with Crippen molar-refractivity contribution in [1.29, 1.82) is 0 Å². The Morgan fingerprint density at radius 2 is 2.39 bits per heavy atom. The largest absolute Gasteiger partial charge is 0.472 e. The maximum Gasteiger partial charge on any atom is 0.271 e. The van der Waals surface area contributed by atoms with Crippen LogP contribution in [0.4, 0.5) is 0 Å². The van der Waals surface area contributed by atoms with Gasteiger partial charge in [-0.1, -0.05) is 0 Å². The fourth-order valence-electron chi connectivity index (χ4n) is 2.73. The van der Waals surface area contributed by atoms with Crippen LogP contribution in [-0.4, -0.2) is 25.7 Å². The number of nitrogens with zero attached hydrogens (tertiary/aromatic N) is 4. The topological polar surface area (TPSA) is 85.8 Å². The minimum Gasteiger partial charge on any atom is -0.472 e. The fraction of sp³-hybridized carbons (Fsp3) is 0.333. The van der Waals surface area contributed by atoms with Crippen molar-refractivity contribution in [3.05, 3.63) is 41.3 Å². The number of carbonyl (C=O) groups excluding carboxylic acids is 1. The van der Waals surface area contributed by atoms with Gasteiger partial charge in [0.25, 0.3) is 5.91 Å². The zero-order valence-electron chi connectivity index (χ0n) is 12.5. The van der Waals surface area contributed by atoms with E-state index in [0.29, 0.717) is 5.69 Å². The normalized spacial score (nSPS) is 14.7. The van der Waals surface area contributed by atoms with E-state index in [1.165, 1.54) is 11.3 Å². The smallest absolute Gasteiger partial charge is 0.271 e. The zero-order valence-corrected chi connectivity index (χ0v) is 13.3. The molecule has 3 aromatic rings. The van der Waals surface area contributed by atoms with Crippen molar-refractivity contribution in [3.8, 4) is 10.6 Å². The second kappa shape index (κ2) is 5.62. The van der Waals surface area contributed by atoms with Crippen molar-refractivity contribution in [2.75, 3.05) is 0 Å². The number of aromatic nitrogens is 4. The van der Waals surface area contributed by atoms with Crippen molar-refractivity contribution in [2.24, 2.45) is 0 Å². The minimum absolute atomic E-state index is 0.207. The molecule has 0 saturated heterocycles. The van der Waals surface area contributed by atoms with Gasteiger partial charge in [-0.3, -0.25) is 4.79 Å². The Morgan fingerprint density at radius 3 is 3.22 bits per heavy atom. The summed E-state index contributed by atoms with van der Waals surface area (Å²) < 4.78 is 7.13. The number of aryl methyl sites for hydroxylation is 1. The molecule has 23 heavy (non-hydrogen) atoms. The molecule has 1 aliphatic heterocycles. The van der Waals surface area contributed by atoms with Crippen LogP contribution in [0, 0.1) is 0 Å². The van der Waals surface area contributed by atoms with Crippen molar-refractivity contribution in [2.45, 2.75) is 32.4 Å². The quantitative estimate of drug-likeness (QED) is 0.794. The molecule has 0 unspecified atom stereocenters. The molecule has 0 saturated carbocycles. The van der Waals surface area contributed by atoms with E-state index in [2.05, 4.69) is 25.1 Å². The summed E-state index contributed by atoms with van der Waals surface area (Å²) in [6, 6.07) is 1.61. The van der Waals surface area contributed by atoms with Crippen LogP contribution in [0.5, 0.6) is 0 Å². The lowest BCUT2D eigenvalue weighted by Gasteiger charge is -2.12. The molecule has 0 spiro atoms. The summed E-state index contributed by atoms with van der Waals surface area (Å²) in [5, 5.41) is 13.8.